The molecule has 9 nitrogen and oxygen atoms in total. The Morgan fingerprint density at radius 3 is 2.79 bits per heavy atom. The molecule has 0 aliphatic carbocycles. The summed E-state index contributed by atoms with van der Waals surface area (Å²) in [7, 11) is -3.03. The number of nitrogens with one attached hydrogen (secondary N) is 1. The van der Waals surface area contributed by atoms with Crippen molar-refractivity contribution in [2.24, 2.45) is 0 Å². The topological polar surface area (TPSA) is 103 Å². The minimum atomic E-state index is -3.03. The summed E-state index contributed by atoms with van der Waals surface area (Å²) in [5.41, 5.74) is 0.753. The Hall–Kier alpha value is -1.49. The standard InChI is InChI=1S/C18H28N4O5S/c1-13-10-16(22(20-13)14-5-9-28(24,25)12-14)19-17(23)11-21-6-3-2-4-15(21)18-26-7-8-27-18/h10,14-15,18H,2-9,11-12H2,1H3,(H,19,23). The monoisotopic (exact) mass is 412 g/mol. The summed E-state index contributed by atoms with van der Waals surface area (Å²) >= 11 is 0. The van der Waals surface area contributed by atoms with E-state index < -0.39 is 9.84 Å². The minimum Gasteiger partial charge on any atom is -0.349 e. The van der Waals surface area contributed by atoms with Gasteiger partial charge in [0.2, 0.25) is 5.91 Å². The molecule has 156 valence electrons. The fourth-order valence-electron chi connectivity index (χ4n) is 4.34. The van der Waals surface area contributed by atoms with E-state index in [0.29, 0.717) is 25.5 Å². The van der Waals surface area contributed by atoms with E-state index in [0.717, 1.165) is 31.5 Å². The first kappa shape index (κ1) is 19.8. The van der Waals surface area contributed by atoms with Crippen LogP contribution in [-0.2, 0) is 24.1 Å². The van der Waals surface area contributed by atoms with Gasteiger partial charge >= 0.3 is 0 Å². The highest BCUT2D eigenvalue weighted by molar-refractivity contribution is 7.91. The Bertz CT molecular complexity index is 818. The summed E-state index contributed by atoms with van der Waals surface area (Å²) < 4.78 is 36.6. The number of sulfone groups is 1. The lowest BCUT2D eigenvalue weighted by Gasteiger charge is -2.37. The first-order valence-corrected chi connectivity index (χ1v) is 11.8. The maximum atomic E-state index is 12.8. The fraction of sp³-hybridized carbons (Fsp3) is 0.778. The normalized spacial score (nSPS) is 28.6. The van der Waals surface area contributed by atoms with Gasteiger partial charge in [0, 0.05) is 6.07 Å². The average molecular weight is 413 g/mol. The Morgan fingerprint density at radius 1 is 1.29 bits per heavy atom. The van der Waals surface area contributed by atoms with Crippen LogP contribution >= 0.6 is 0 Å². The second kappa shape index (κ2) is 8.10. The van der Waals surface area contributed by atoms with E-state index >= 15 is 0 Å². The van der Waals surface area contributed by atoms with Crippen molar-refractivity contribution < 1.29 is 22.7 Å². The highest BCUT2D eigenvalue weighted by atomic mass is 32.2. The lowest BCUT2D eigenvalue weighted by molar-refractivity contribution is -0.127. The number of carbonyl (C=O) groups excluding carboxylic acids is 1. The Kier molecular flexibility index (Phi) is 5.73. The zero-order chi connectivity index (χ0) is 19.7. The molecule has 2 atom stereocenters. The molecule has 0 bridgehead atoms. The molecule has 3 aliphatic heterocycles. The lowest BCUT2D eigenvalue weighted by atomic mass is 10.0. The zero-order valence-electron chi connectivity index (χ0n) is 16.2. The predicted molar refractivity (Wildman–Crippen MR) is 103 cm³/mol. The summed E-state index contributed by atoms with van der Waals surface area (Å²) in [4.78, 5) is 14.9. The Morgan fingerprint density at radius 2 is 2.07 bits per heavy atom. The number of amides is 1. The number of likely N-dealkylation sites (tertiary alicyclic amines) is 1. The third-order valence-electron chi connectivity index (χ3n) is 5.65. The fourth-order valence-corrected chi connectivity index (χ4v) is 6.04. The van der Waals surface area contributed by atoms with Gasteiger partial charge in [0.1, 0.15) is 5.82 Å². The number of nitrogens with zero attached hydrogens (tertiary/aromatic N) is 3. The highest BCUT2D eigenvalue weighted by Crippen LogP contribution is 2.28. The van der Waals surface area contributed by atoms with Gasteiger partial charge in [-0.15, -0.1) is 0 Å². The molecule has 0 spiro atoms. The van der Waals surface area contributed by atoms with Gasteiger partial charge in [-0.25, -0.2) is 13.1 Å². The molecule has 1 aromatic rings. The maximum absolute atomic E-state index is 12.8. The van der Waals surface area contributed by atoms with Crippen molar-refractivity contribution in [3.05, 3.63) is 11.8 Å². The van der Waals surface area contributed by atoms with E-state index in [4.69, 9.17) is 9.47 Å². The first-order chi connectivity index (χ1) is 13.4. The van der Waals surface area contributed by atoms with Crippen LogP contribution in [-0.4, -0.2) is 79.1 Å². The van der Waals surface area contributed by atoms with Gasteiger partial charge in [0.05, 0.1) is 49.0 Å². The number of anilines is 1. The molecular weight excluding hydrogens is 384 g/mol. The van der Waals surface area contributed by atoms with Crippen molar-refractivity contribution in [3.63, 3.8) is 0 Å². The largest absolute Gasteiger partial charge is 0.349 e. The highest BCUT2D eigenvalue weighted by Gasteiger charge is 2.35. The molecule has 28 heavy (non-hydrogen) atoms. The Labute approximate surface area is 165 Å². The Balaban J connectivity index is 1.42. The van der Waals surface area contributed by atoms with Gasteiger partial charge in [-0.3, -0.25) is 9.69 Å². The van der Waals surface area contributed by atoms with Gasteiger partial charge in [-0.2, -0.15) is 5.10 Å². The van der Waals surface area contributed by atoms with Crippen LogP contribution in [0.3, 0.4) is 0 Å². The smallest absolute Gasteiger partial charge is 0.239 e. The molecule has 4 heterocycles. The van der Waals surface area contributed by atoms with Gasteiger partial charge in [0.25, 0.3) is 0 Å². The van der Waals surface area contributed by atoms with Crippen molar-refractivity contribution in [2.75, 3.05) is 43.1 Å². The van der Waals surface area contributed by atoms with Crippen molar-refractivity contribution >= 4 is 21.6 Å². The van der Waals surface area contributed by atoms with Crippen LogP contribution in [0.2, 0.25) is 0 Å². The van der Waals surface area contributed by atoms with Crippen LogP contribution in [0.25, 0.3) is 0 Å². The number of aromatic nitrogens is 2. The van der Waals surface area contributed by atoms with E-state index in [9.17, 15) is 13.2 Å². The van der Waals surface area contributed by atoms with Crippen LogP contribution in [0.4, 0.5) is 5.82 Å². The summed E-state index contributed by atoms with van der Waals surface area (Å²) in [5, 5.41) is 7.36. The van der Waals surface area contributed by atoms with E-state index in [1.807, 2.05) is 6.92 Å². The summed E-state index contributed by atoms with van der Waals surface area (Å²) in [6.45, 7) is 4.13. The molecular formula is C18H28N4O5S. The summed E-state index contributed by atoms with van der Waals surface area (Å²) in [6.07, 6.45) is 3.37. The molecule has 1 amide bonds. The van der Waals surface area contributed by atoms with E-state index in [1.54, 1.807) is 10.7 Å². The number of hydrogen-bond donors (Lipinski definition) is 1. The molecule has 0 saturated carbocycles. The number of hydrogen-bond acceptors (Lipinski definition) is 7. The molecule has 0 radical (unpaired) electrons. The van der Waals surface area contributed by atoms with Crippen molar-refractivity contribution in [1.29, 1.82) is 0 Å². The second-order valence-electron chi connectivity index (χ2n) is 7.86. The summed E-state index contributed by atoms with van der Waals surface area (Å²) in [5.74, 6) is 0.668. The molecule has 3 fully saturated rings. The van der Waals surface area contributed by atoms with Crippen molar-refractivity contribution in [1.82, 2.24) is 14.7 Å². The van der Waals surface area contributed by atoms with Crippen molar-refractivity contribution in [2.45, 2.75) is 51.0 Å². The van der Waals surface area contributed by atoms with Gasteiger partial charge < -0.3 is 14.8 Å². The molecule has 2 unspecified atom stereocenters. The van der Waals surface area contributed by atoms with E-state index in [-0.39, 0.29) is 42.3 Å². The van der Waals surface area contributed by atoms with Gasteiger partial charge in [-0.05, 0) is 32.7 Å². The molecule has 0 aromatic carbocycles. The predicted octanol–water partition coefficient (Wildman–Crippen LogP) is 0.717. The molecule has 10 heteroatoms. The van der Waals surface area contributed by atoms with Crippen molar-refractivity contribution in [3.8, 4) is 0 Å². The quantitative estimate of drug-likeness (QED) is 0.760. The van der Waals surface area contributed by atoms with Crippen LogP contribution in [0.1, 0.15) is 37.4 Å². The molecule has 3 saturated heterocycles. The van der Waals surface area contributed by atoms with Crippen LogP contribution in [0.15, 0.2) is 6.07 Å². The SMILES string of the molecule is Cc1cc(NC(=O)CN2CCCCC2C2OCCO2)n(C2CCS(=O)(=O)C2)n1. The zero-order valence-corrected chi connectivity index (χ0v) is 17.0. The number of carbonyl (C=O) groups is 1. The molecule has 3 aliphatic rings. The molecule has 1 N–H and O–H groups in total. The number of rotatable bonds is 5. The maximum Gasteiger partial charge on any atom is 0.239 e. The van der Waals surface area contributed by atoms with Crippen LogP contribution in [0, 0.1) is 6.92 Å². The average Bonchev–Trinajstić information content (AvgIpc) is 3.36. The van der Waals surface area contributed by atoms with E-state index in [2.05, 4.69) is 15.3 Å². The third kappa shape index (κ3) is 4.40. The van der Waals surface area contributed by atoms with Crippen LogP contribution in [0.5, 0.6) is 0 Å². The van der Waals surface area contributed by atoms with Gasteiger partial charge in [-0.1, -0.05) is 6.42 Å². The summed E-state index contributed by atoms with van der Waals surface area (Å²) in [6, 6.07) is 1.66. The molecule has 1 aromatic heterocycles. The number of piperidine rings is 1. The first-order valence-electron chi connectivity index (χ1n) is 9.95. The van der Waals surface area contributed by atoms with Gasteiger partial charge in [0.15, 0.2) is 16.1 Å². The number of aryl methyl sites for hydroxylation is 1. The second-order valence-corrected chi connectivity index (χ2v) is 10.1. The number of ether oxygens (including phenoxy) is 2. The van der Waals surface area contributed by atoms with E-state index in [1.165, 1.54) is 0 Å². The third-order valence-corrected chi connectivity index (χ3v) is 7.40. The minimum absolute atomic E-state index is 0.0710. The lowest BCUT2D eigenvalue weighted by Crippen LogP contribution is -2.50. The van der Waals surface area contributed by atoms with Crippen LogP contribution < -0.4 is 5.32 Å². The molecule has 4 rings (SSSR count).